The van der Waals surface area contributed by atoms with Crippen LogP contribution in [0.15, 0.2) is 36.7 Å². The zero-order chi connectivity index (χ0) is 17.6. The van der Waals surface area contributed by atoms with Crippen LogP contribution in [-0.2, 0) is 12.8 Å². The van der Waals surface area contributed by atoms with Crippen molar-refractivity contribution >= 4 is 6.03 Å². The van der Waals surface area contributed by atoms with Crippen molar-refractivity contribution < 1.29 is 4.79 Å². The second-order valence-corrected chi connectivity index (χ2v) is 7.02. The molecule has 1 N–H and O–H groups in total. The standard InChI is InChI=1S/C19H27N5O/c1-15(2)24-14-21-22-18(24)12-17-9-11-23(13-17)19(25)20-10-8-16-6-4-3-5-7-16/h3-7,14-15,17H,8-13H2,1-2H3,(H,20,25). The summed E-state index contributed by atoms with van der Waals surface area (Å²) in [6, 6.07) is 10.6. The Bertz CT molecular complexity index is 682. The molecule has 1 aliphatic rings. The molecule has 1 aromatic heterocycles. The average Bonchev–Trinajstić information content (AvgIpc) is 3.26. The SMILES string of the molecule is CC(C)n1cnnc1CC1CCN(C(=O)NCCc2ccccc2)C1. The molecule has 6 nitrogen and oxygen atoms in total. The van der Waals surface area contributed by atoms with Crippen LogP contribution in [0.1, 0.15) is 37.7 Å². The topological polar surface area (TPSA) is 63.1 Å². The lowest BCUT2D eigenvalue weighted by Gasteiger charge is -2.18. The number of carbonyl (C=O) groups excluding carboxylic acids is 1. The molecule has 2 heterocycles. The summed E-state index contributed by atoms with van der Waals surface area (Å²) in [6.07, 6.45) is 4.56. The highest BCUT2D eigenvalue weighted by molar-refractivity contribution is 5.74. The summed E-state index contributed by atoms with van der Waals surface area (Å²) in [6.45, 7) is 6.55. The number of nitrogens with one attached hydrogen (secondary N) is 1. The highest BCUT2D eigenvalue weighted by Gasteiger charge is 2.27. The van der Waals surface area contributed by atoms with E-state index in [-0.39, 0.29) is 6.03 Å². The molecule has 0 spiro atoms. The normalized spacial score (nSPS) is 17.2. The van der Waals surface area contributed by atoms with Crippen LogP contribution in [0.2, 0.25) is 0 Å². The van der Waals surface area contributed by atoms with Crippen molar-refractivity contribution in [1.82, 2.24) is 25.0 Å². The molecule has 0 aliphatic carbocycles. The fourth-order valence-corrected chi connectivity index (χ4v) is 3.36. The van der Waals surface area contributed by atoms with Crippen LogP contribution in [0.25, 0.3) is 0 Å². The van der Waals surface area contributed by atoms with Gasteiger partial charge in [-0.1, -0.05) is 30.3 Å². The number of benzene rings is 1. The molecular weight excluding hydrogens is 314 g/mol. The van der Waals surface area contributed by atoms with Gasteiger partial charge in [0.05, 0.1) is 0 Å². The Labute approximate surface area is 149 Å². The van der Waals surface area contributed by atoms with Gasteiger partial charge in [-0.3, -0.25) is 0 Å². The Morgan fingerprint density at radius 3 is 2.88 bits per heavy atom. The first kappa shape index (κ1) is 17.5. The van der Waals surface area contributed by atoms with Gasteiger partial charge in [-0.05, 0) is 38.2 Å². The largest absolute Gasteiger partial charge is 0.338 e. The van der Waals surface area contributed by atoms with E-state index in [1.165, 1.54) is 5.56 Å². The van der Waals surface area contributed by atoms with Crippen LogP contribution in [-0.4, -0.2) is 45.3 Å². The van der Waals surface area contributed by atoms with Gasteiger partial charge in [0.1, 0.15) is 12.2 Å². The van der Waals surface area contributed by atoms with Gasteiger partial charge in [-0.15, -0.1) is 10.2 Å². The third kappa shape index (κ3) is 4.59. The molecule has 25 heavy (non-hydrogen) atoms. The number of amides is 2. The Hall–Kier alpha value is -2.37. The Kier molecular flexibility index (Phi) is 5.68. The molecule has 3 rings (SSSR count). The molecule has 2 amide bonds. The predicted molar refractivity (Wildman–Crippen MR) is 97.3 cm³/mol. The van der Waals surface area contributed by atoms with E-state index in [9.17, 15) is 4.79 Å². The molecule has 1 atom stereocenters. The average molecular weight is 341 g/mol. The van der Waals surface area contributed by atoms with Gasteiger partial charge in [0.15, 0.2) is 0 Å². The quantitative estimate of drug-likeness (QED) is 0.878. The van der Waals surface area contributed by atoms with Gasteiger partial charge in [0.25, 0.3) is 0 Å². The number of likely N-dealkylation sites (tertiary alicyclic amines) is 1. The predicted octanol–water partition coefficient (Wildman–Crippen LogP) is 2.68. The number of nitrogens with zero attached hydrogens (tertiary/aromatic N) is 4. The first-order valence-electron chi connectivity index (χ1n) is 9.08. The van der Waals surface area contributed by atoms with E-state index >= 15 is 0 Å². The van der Waals surface area contributed by atoms with Crippen LogP contribution in [0.3, 0.4) is 0 Å². The van der Waals surface area contributed by atoms with E-state index in [1.807, 2.05) is 23.1 Å². The first-order chi connectivity index (χ1) is 12.1. The molecule has 1 aliphatic heterocycles. The number of aromatic nitrogens is 3. The molecule has 1 saturated heterocycles. The first-order valence-corrected chi connectivity index (χ1v) is 9.08. The lowest BCUT2D eigenvalue weighted by molar-refractivity contribution is 0.207. The number of carbonyl (C=O) groups is 1. The zero-order valence-corrected chi connectivity index (χ0v) is 15.1. The molecule has 134 valence electrons. The van der Waals surface area contributed by atoms with Gasteiger partial charge >= 0.3 is 6.03 Å². The lowest BCUT2D eigenvalue weighted by Crippen LogP contribution is -2.39. The summed E-state index contributed by atoms with van der Waals surface area (Å²) in [4.78, 5) is 14.3. The Morgan fingerprint density at radius 2 is 2.12 bits per heavy atom. The maximum absolute atomic E-state index is 12.3. The second-order valence-electron chi connectivity index (χ2n) is 7.02. The Morgan fingerprint density at radius 1 is 1.32 bits per heavy atom. The van der Waals surface area contributed by atoms with Gasteiger partial charge < -0.3 is 14.8 Å². The van der Waals surface area contributed by atoms with Crippen molar-refractivity contribution in [3.63, 3.8) is 0 Å². The number of rotatable bonds is 6. The fraction of sp³-hybridized carbons (Fsp3) is 0.526. The lowest BCUT2D eigenvalue weighted by atomic mass is 10.0. The molecule has 1 unspecified atom stereocenters. The van der Waals surface area contributed by atoms with Crippen LogP contribution in [0.5, 0.6) is 0 Å². The summed E-state index contributed by atoms with van der Waals surface area (Å²) >= 11 is 0. The maximum Gasteiger partial charge on any atom is 0.317 e. The van der Waals surface area contributed by atoms with Crippen molar-refractivity contribution in [1.29, 1.82) is 0 Å². The zero-order valence-electron chi connectivity index (χ0n) is 15.1. The van der Waals surface area contributed by atoms with Gasteiger partial charge in [-0.25, -0.2) is 4.79 Å². The highest BCUT2D eigenvalue weighted by Crippen LogP contribution is 2.21. The molecule has 6 heteroatoms. The van der Waals surface area contributed by atoms with E-state index in [4.69, 9.17) is 0 Å². The fourth-order valence-electron chi connectivity index (χ4n) is 3.36. The smallest absolute Gasteiger partial charge is 0.317 e. The van der Waals surface area contributed by atoms with E-state index in [1.54, 1.807) is 6.33 Å². The monoisotopic (exact) mass is 341 g/mol. The van der Waals surface area contributed by atoms with Crippen LogP contribution in [0.4, 0.5) is 4.79 Å². The minimum atomic E-state index is 0.0451. The molecule has 1 aromatic carbocycles. The number of hydrogen-bond acceptors (Lipinski definition) is 3. The van der Waals surface area contributed by atoms with Crippen LogP contribution >= 0.6 is 0 Å². The minimum Gasteiger partial charge on any atom is -0.338 e. The maximum atomic E-state index is 12.3. The van der Waals surface area contributed by atoms with E-state index in [0.29, 0.717) is 18.5 Å². The summed E-state index contributed by atoms with van der Waals surface area (Å²) in [5.41, 5.74) is 1.25. The molecule has 1 fully saturated rings. The van der Waals surface area contributed by atoms with Crippen molar-refractivity contribution in [2.45, 2.75) is 39.2 Å². The van der Waals surface area contributed by atoms with Crippen molar-refractivity contribution in [3.8, 4) is 0 Å². The number of hydrogen-bond donors (Lipinski definition) is 1. The third-order valence-electron chi connectivity index (χ3n) is 4.78. The minimum absolute atomic E-state index is 0.0451. The van der Waals surface area contributed by atoms with Crippen LogP contribution < -0.4 is 5.32 Å². The molecular formula is C19H27N5O. The summed E-state index contributed by atoms with van der Waals surface area (Å²) in [5.74, 6) is 1.48. The Balaban J connectivity index is 1.44. The van der Waals surface area contributed by atoms with Crippen molar-refractivity contribution in [2.75, 3.05) is 19.6 Å². The summed E-state index contributed by atoms with van der Waals surface area (Å²) in [7, 11) is 0. The van der Waals surface area contributed by atoms with E-state index in [2.05, 4.69) is 46.1 Å². The molecule has 2 aromatic rings. The molecule has 0 saturated carbocycles. The third-order valence-corrected chi connectivity index (χ3v) is 4.78. The van der Waals surface area contributed by atoms with E-state index in [0.717, 1.165) is 38.2 Å². The summed E-state index contributed by atoms with van der Waals surface area (Å²) < 4.78 is 2.11. The van der Waals surface area contributed by atoms with Crippen LogP contribution in [0, 0.1) is 5.92 Å². The van der Waals surface area contributed by atoms with Gasteiger partial charge in [0, 0.05) is 32.1 Å². The number of urea groups is 1. The molecule has 0 bridgehead atoms. The highest BCUT2D eigenvalue weighted by atomic mass is 16.2. The van der Waals surface area contributed by atoms with Gasteiger partial charge in [-0.2, -0.15) is 0 Å². The summed E-state index contributed by atoms with van der Waals surface area (Å²) in [5, 5.41) is 11.3. The van der Waals surface area contributed by atoms with Gasteiger partial charge in [0.2, 0.25) is 0 Å². The van der Waals surface area contributed by atoms with E-state index < -0.39 is 0 Å². The molecule has 0 radical (unpaired) electrons. The van der Waals surface area contributed by atoms with Crippen molar-refractivity contribution in [3.05, 3.63) is 48.0 Å². The van der Waals surface area contributed by atoms with Crippen molar-refractivity contribution in [2.24, 2.45) is 5.92 Å². The second kappa shape index (κ2) is 8.14.